The molecule has 0 aromatic heterocycles. The van der Waals surface area contributed by atoms with E-state index in [-0.39, 0.29) is 0 Å². The molecule has 1 atom stereocenters. The van der Waals surface area contributed by atoms with Crippen LogP contribution in [0.25, 0.3) is 0 Å². The van der Waals surface area contributed by atoms with E-state index in [4.69, 9.17) is 0 Å². The van der Waals surface area contributed by atoms with Gasteiger partial charge in [-0.15, -0.1) is 5.12 Å². The van der Waals surface area contributed by atoms with Gasteiger partial charge in [0, 0.05) is 41.3 Å². The lowest BCUT2D eigenvalue weighted by atomic mass is 10.3. The molecule has 0 saturated carbocycles. The minimum absolute atomic E-state index is 0.399. The summed E-state index contributed by atoms with van der Waals surface area (Å²) in [5.41, 5.74) is 0. The highest BCUT2D eigenvalue weighted by Crippen LogP contribution is 2.22. The monoisotopic (exact) mass is 258 g/mol. The predicted molar refractivity (Wildman–Crippen MR) is 75.0 cm³/mol. The fourth-order valence-corrected chi connectivity index (χ4v) is 2.51. The van der Waals surface area contributed by atoms with Crippen molar-refractivity contribution >= 4 is 0 Å². The normalized spacial score (nSPS) is 24.7. The quantitative estimate of drug-likeness (QED) is 0.705. The third-order valence-corrected chi connectivity index (χ3v) is 3.19. The standard InChI is InChI=1S/C12H30N6/c1-8-10-16-11-9-12(13(2)3)17(14(4)5)18(16)15(6)7/h12H,8-11H2,1-7H3. The van der Waals surface area contributed by atoms with Gasteiger partial charge in [-0.3, -0.25) is 4.90 Å². The number of hydrazine groups is 4. The molecule has 0 N–H and O–H groups in total. The van der Waals surface area contributed by atoms with Crippen LogP contribution in [0.3, 0.4) is 0 Å². The number of rotatable bonds is 5. The van der Waals surface area contributed by atoms with Crippen molar-refractivity contribution in [2.24, 2.45) is 0 Å². The van der Waals surface area contributed by atoms with E-state index in [1.165, 1.54) is 0 Å². The Kier molecular flexibility index (Phi) is 5.97. The Bertz CT molecular complexity index is 243. The van der Waals surface area contributed by atoms with E-state index in [2.05, 4.69) is 79.5 Å². The van der Waals surface area contributed by atoms with E-state index in [0.717, 1.165) is 25.9 Å². The second kappa shape index (κ2) is 6.79. The lowest BCUT2D eigenvalue weighted by Crippen LogP contribution is -2.71. The zero-order valence-corrected chi connectivity index (χ0v) is 13.1. The fourth-order valence-electron chi connectivity index (χ4n) is 2.51. The van der Waals surface area contributed by atoms with Gasteiger partial charge in [-0.2, -0.15) is 0 Å². The van der Waals surface area contributed by atoms with Gasteiger partial charge in [-0.25, -0.2) is 15.0 Å². The van der Waals surface area contributed by atoms with E-state index >= 15 is 0 Å². The average molecular weight is 258 g/mol. The number of hydrogen-bond donors (Lipinski definition) is 0. The summed E-state index contributed by atoms with van der Waals surface area (Å²) in [6.07, 6.45) is 2.71. The summed E-state index contributed by atoms with van der Waals surface area (Å²) in [6, 6.07) is 0. The molecule has 1 rings (SSSR count). The molecule has 0 radical (unpaired) electrons. The Morgan fingerprint density at radius 2 is 1.61 bits per heavy atom. The summed E-state index contributed by atoms with van der Waals surface area (Å²) in [5.74, 6) is 0. The van der Waals surface area contributed by atoms with Crippen LogP contribution in [0.15, 0.2) is 0 Å². The van der Waals surface area contributed by atoms with Gasteiger partial charge in [-0.1, -0.05) is 12.2 Å². The molecule has 108 valence electrons. The fraction of sp³-hybridized carbons (Fsp3) is 1.00. The van der Waals surface area contributed by atoms with Crippen molar-refractivity contribution in [2.45, 2.75) is 25.9 Å². The lowest BCUT2D eigenvalue weighted by molar-refractivity contribution is -0.396. The van der Waals surface area contributed by atoms with Crippen LogP contribution in [0.2, 0.25) is 0 Å². The van der Waals surface area contributed by atoms with E-state index in [0.29, 0.717) is 6.17 Å². The smallest absolute Gasteiger partial charge is 0.0956 e. The Labute approximate surface area is 112 Å². The zero-order chi connectivity index (χ0) is 13.9. The van der Waals surface area contributed by atoms with Gasteiger partial charge < -0.3 is 0 Å². The van der Waals surface area contributed by atoms with Crippen LogP contribution in [-0.2, 0) is 0 Å². The molecule has 18 heavy (non-hydrogen) atoms. The van der Waals surface area contributed by atoms with Gasteiger partial charge in [0.2, 0.25) is 0 Å². The molecule has 0 bridgehead atoms. The van der Waals surface area contributed by atoms with Crippen molar-refractivity contribution in [3.8, 4) is 0 Å². The summed E-state index contributed by atoms with van der Waals surface area (Å²) in [6.45, 7) is 4.41. The Hall–Kier alpha value is -0.240. The largest absolute Gasteiger partial charge is 0.292 e. The first-order valence-corrected chi connectivity index (χ1v) is 6.75. The molecule has 1 unspecified atom stereocenters. The molecular formula is C12H30N6. The molecule has 0 aromatic rings. The van der Waals surface area contributed by atoms with E-state index in [9.17, 15) is 0 Å². The molecule has 1 saturated heterocycles. The molecule has 1 fully saturated rings. The third-order valence-electron chi connectivity index (χ3n) is 3.19. The molecular weight excluding hydrogens is 228 g/mol. The van der Waals surface area contributed by atoms with Crippen molar-refractivity contribution in [3.05, 3.63) is 0 Å². The minimum Gasteiger partial charge on any atom is -0.292 e. The second-order valence-corrected chi connectivity index (χ2v) is 5.47. The summed E-state index contributed by atoms with van der Waals surface area (Å²) < 4.78 is 0. The van der Waals surface area contributed by atoms with Crippen LogP contribution in [0.5, 0.6) is 0 Å². The molecule has 0 amide bonds. The molecule has 6 nitrogen and oxygen atoms in total. The molecule has 1 aliphatic rings. The summed E-state index contributed by atoms with van der Waals surface area (Å²) in [7, 11) is 12.7. The number of nitrogens with zero attached hydrogens (tertiary/aromatic N) is 6. The zero-order valence-electron chi connectivity index (χ0n) is 13.1. The summed E-state index contributed by atoms with van der Waals surface area (Å²) >= 11 is 0. The summed E-state index contributed by atoms with van der Waals surface area (Å²) in [4.78, 5) is 2.28. The second-order valence-electron chi connectivity index (χ2n) is 5.47. The van der Waals surface area contributed by atoms with Crippen molar-refractivity contribution in [1.82, 2.24) is 30.3 Å². The van der Waals surface area contributed by atoms with Crippen LogP contribution in [-0.4, -0.2) is 91.8 Å². The van der Waals surface area contributed by atoms with Crippen LogP contribution in [0, 0.1) is 0 Å². The maximum absolute atomic E-state index is 2.40. The maximum atomic E-state index is 2.40. The first kappa shape index (κ1) is 15.8. The molecule has 1 aliphatic heterocycles. The SMILES string of the molecule is CCCN1CCC(N(C)C)N(N(C)C)N1N(C)C. The maximum Gasteiger partial charge on any atom is 0.0956 e. The van der Waals surface area contributed by atoms with E-state index < -0.39 is 0 Å². The highest BCUT2D eigenvalue weighted by atomic mass is 16.1. The Morgan fingerprint density at radius 1 is 1.00 bits per heavy atom. The lowest BCUT2D eigenvalue weighted by Gasteiger charge is -2.55. The average Bonchev–Trinajstić information content (AvgIpc) is 2.27. The van der Waals surface area contributed by atoms with Gasteiger partial charge >= 0.3 is 0 Å². The first-order chi connectivity index (χ1) is 8.40. The molecule has 1 heterocycles. The predicted octanol–water partition coefficient (Wildman–Crippen LogP) is 0.377. The Balaban J connectivity index is 2.95. The van der Waals surface area contributed by atoms with Crippen LogP contribution in [0.1, 0.15) is 19.8 Å². The first-order valence-electron chi connectivity index (χ1n) is 6.75. The molecule has 0 aromatic carbocycles. The molecule has 0 spiro atoms. The van der Waals surface area contributed by atoms with Gasteiger partial charge in [-0.05, 0) is 26.9 Å². The van der Waals surface area contributed by atoms with E-state index in [1.54, 1.807) is 0 Å². The van der Waals surface area contributed by atoms with Crippen LogP contribution < -0.4 is 0 Å². The Morgan fingerprint density at radius 3 is 2.00 bits per heavy atom. The van der Waals surface area contributed by atoms with Crippen molar-refractivity contribution in [3.63, 3.8) is 0 Å². The molecule has 0 aliphatic carbocycles. The topological polar surface area (TPSA) is 19.4 Å². The highest BCUT2D eigenvalue weighted by molar-refractivity contribution is 4.71. The highest BCUT2D eigenvalue weighted by Gasteiger charge is 2.37. The summed E-state index contributed by atoms with van der Waals surface area (Å²) in [5, 5.41) is 11.3. The van der Waals surface area contributed by atoms with E-state index in [1.807, 2.05) is 0 Å². The van der Waals surface area contributed by atoms with Gasteiger partial charge in [0.15, 0.2) is 0 Å². The van der Waals surface area contributed by atoms with Crippen molar-refractivity contribution in [1.29, 1.82) is 0 Å². The minimum atomic E-state index is 0.399. The van der Waals surface area contributed by atoms with Gasteiger partial charge in [0.05, 0.1) is 6.17 Å². The van der Waals surface area contributed by atoms with Gasteiger partial charge in [0.1, 0.15) is 0 Å². The van der Waals surface area contributed by atoms with Crippen LogP contribution in [0.4, 0.5) is 0 Å². The van der Waals surface area contributed by atoms with Crippen LogP contribution >= 0.6 is 0 Å². The third kappa shape index (κ3) is 3.40. The van der Waals surface area contributed by atoms with Gasteiger partial charge in [0.25, 0.3) is 0 Å². The van der Waals surface area contributed by atoms with Crippen molar-refractivity contribution < 1.29 is 0 Å². The molecule has 6 heteroatoms. The van der Waals surface area contributed by atoms with Crippen molar-refractivity contribution in [2.75, 3.05) is 55.4 Å². The number of hydrogen-bond acceptors (Lipinski definition) is 6.